The first-order valence-electron chi connectivity index (χ1n) is 7.45. The van der Waals surface area contributed by atoms with E-state index in [2.05, 4.69) is 19.2 Å². The zero-order chi connectivity index (χ0) is 15.6. The van der Waals surface area contributed by atoms with Crippen molar-refractivity contribution in [1.29, 1.82) is 0 Å². The van der Waals surface area contributed by atoms with Gasteiger partial charge in [0.25, 0.3) is 0 Å². The maximum Gasteiger partial charge on any atom is 0.241 e. The highest BCUT2D eigenvalue weighted by molar-refractivity contribution is 5.84. The molecule has 1 aliphatic heterocycles. The lowest BCUT2D eigenvalue weighted by molar-refractivity contribution is -0.130. The Morgan fingerprint density at radius 1 is 1.33 bits per heavy atom. The van der Waals surface area contributed by atoms with Crippen LogP contribution in [0.15, 0.2) is 18.2 Å². The molecule has 1 aromatic carbocycles. The summed E-state index contributed by atoms with van der Waals surface area (Å²) in [6.07, 6.45) is 0.987. The predicted octanol–water partition coefficient (Wildman–Crippen LogP) is 3.22. The van der Waals surface area contributed by atoms with Crippen molar-refractivity contribution in [3.63, 3.8) is 0 Å². The number of nitrogens with one attached hydrogen (secondary N) is 1. The molecular formula is C16H22F2N2O. The third-order valence-corrected chi connectivity index (χ3v) is 3.86. The Balaban J connectivity index is 2.27. The van der Waals surface area contributed by atoms with E-state index in [1.165, 1.54) is 12.1 Å². The van der Waals surface area contributed by atoms with Gasteiger partial charge in [-0.3, -0.25) is 10.1 Å². The lowest BCUT2D eigenvalue weighted by atomic mass is 10.1. The van der Waals surface area contributed by atoms with Crippen LogP contribution in [-0.2, 0) is 4.79 Å². The molecule has 2 rings (SSSR count). The molecule has 1 aliphatic rings. The normalized spacial score (nSPS) is 22.4. The van der Waals surface area contributed by atoms with E-state index in [1.807, 2.05) is 6.92 Å². The minimum Gasteiger partial charge on any atom is -0.321 e. The van der Waals surface area contributed by atoms with Crippen LogP contribution in [0.3, 0.4) is 0 Å². The van der Waals surface area contributed by atoms with Crippen molar-refractivity contribution in [3.8, 4) is 0 Å². The highest BCUT2D eigenvalue weighted by atomic mass is 19.1. The summed E-state index contributed by atoms with van der Waals surface area (Å²) in [6, 6.07) is 3.20. The van der Waals surface area contributed by atoms with Gasteiger partial charge in [0.15, 0.2) is 0 Å². The highest BCUT2D eigenvalue weighted by Crippen LogP contribution is 2.29. The zero-order valence-corrected chi connectivity index (χ0v) is 12.7. The Morgan fingerprint density at radius 3 is 2.62 bits per heavy atom. The number of benzene rings is 1. The van der Waals surface area contributed by atoms with Crippen LogP contribution in [0, 0.1) is 17.6 Å². The quantitative estimate of drug-likeness (QED) is 0.905. The van der Waals surface area contributed by atoms with Crippen LogP contribution in [0.4, 0.5) is 8.78 Å². The molecule has 1 aromatic rings. The van der Waals surface area contributed by atoms with Gasteiger partial charge in [-0.25, -0.2) is 8.78 Å². The molecule has 21 heavy (non-hydrogen) atoms. The fourth-order valence-electron chi connectivity index (χ4n) is 2.59. The Hall–Kier alpha value is -1.49. The standard InChI is InChI=1S/C16H22F2N2O/c1-4-14-16(21)20(8-7-10(2)3)15(19-14)12-6-5-11(17)9-13(12)18/h5-6,9-10,14-15,19H,4,7-8H2,1-3H3. The Morgan fingerprint density at radius 2 is 2.05 bits per heavy atom. The first-order valence-corrected chi connectivity index (χ1v) is 7.45. The van der Waals surface area contributed by atoms with E-state index < -0.39 is 17.8 Å². The summed E-state index contributed by atoms with van der Waals surface area (Å²) < 4.78 is 27.1. The van der Waals surface area contributed by atoms with Crippen LogP contribution in [-0.4, -0.2) is 23.4 Å². The zero-order valence-electron chi connectivity index (χ0n) is 12.7. The van der Waals surface area contributed by atoms with Crippen LogP contribution in [0.2, 0.25) is 0 Å². The summed E-state index contributed by atoms with van der Waals surface area (Å²) in [5.41, 5.74) is 0.324. The van der Waals surface area contributed by atoms with Crippen molar-refractivity contribution < 1.29 is 13.6 Å². The molecule has 0 aromatic heterocycles. The number of hydrogen-bond donors (Lipinski definition) is 1. The fourth-order valence-corrected chi connectivity index (χ4v) is 2.59. The van der Waals surface area contributed by atoms with Gasteiger partial charge in [0.1, 0.15) is 17.8 Å². The molecule has 1 saturated heterocycles. The summed E-state index contributed by atoms with van der Waals surface area (Å²) in [7, 11) is 0. The Labute approximate surface area is 124 Å². The third-order valence-electron chi connectivity index (χ3n) is 3.86. The van der Waals surface area contributed by atoms with Crippen molar-refractivity contribution in [2.45, 2.75) is 45.8 Å². The van der Waals surface area contributed by atoms with Crippen molar-refractivity contribution in [3.05, 3.63) is 35.4 Å². The van der Waals surface area contributed by atoms with Crippen LogP contribution in [0.5, 0.6) is 0 Å². The van der Waals surface area contributed by atoms with Gasteiger partial charge in [-0.1, -0.05) is 20.8 Å². The van der Waals surface area contributed by atoms with Crippen molar-refractivity contribution in [2.75, 3.05) is 6.54 Å². The SMILES string of the molecule is CCC1NC(c2ccc(F)cc2F)N(CCC(C)C)C1=O. The first-order chi connectivity index (χ1) is 9.93. The lowest BCUT2D eigenvalue weighted by Crippen LogP contribution is -2.32. The molecule has 5 heteroatoms. The second kappa shape index (κ2) is 6.52. The topological polar surface area (TPSA) is 32.3 Å². The number of amides is 1. The van der Waals surface area contributed by atoms with Gasteiger partial charge in [-0.15, -0.1) is 0 Å². The number of carbonyl (C=O) groups excluding carboxylic acids is 1. The maximum absolute atomic E-state index is 14.0. The number of hydrogen-bond acceptors (Lipinski definition) is 2. The van der Waals surface area contributed by atoms with Gasteiger partial charge in [0, 0.05) is 18.2 Å². The smallest absolute Gasteiger partial charge is 0.241 e. The summed E-state index contributed by atoms with van der Waals surface area (Å²) in [5.74, 6) is -0.781. The second-order valence-corrected chi connectivity index (χ2v) is 5.91. The molecule has 0 radical (unpaired) electrons. The van der Waals surface area contributed by atoms with E-state index in [0.29, 0.717) is 24.4 Å². The van der Waals surface area contributed by atoms with Gasteiger partial charge >= 0.3 is 0 Å². The summed E-state index contributed by atoms with van der Waals surface area (Å²) in [6.45, 7) is 6.65. The minimum absolute atomic E-state index is 0.00752. The van der Waals surface area contributed by atoms with Crippen LogP contribution in [0.1, 0.15) is 45.3 Å². The minimum atomic E-state index is -0.619. The van der Waals surface area contributed by atoms with Crippen molar-refractivity contribution >= 4 is 5.91 Å². The molecule has 2 unspecified atom stereocenters. The van der Waals surface area contributed by atoms with E-state index in [1.54, 1.807) is 4.90 Å². The predicted molar refractivity (Wildman–Crippen MR) is 77.5 cm³/mol. The maximum atomic E-state index is 14.0. The Bertz CT molecular complexity index is 519. The van der Waals surface area contributed by atoms with Gasteiger partial charge in [-0.05, 0) is 30.9 Å². The second-order valence-electron chi connectivity index (χ2n) is 5.91. The largest absolute Gasteiger partial charge is 0.321 e. The molecule has 3 nitrogen and oxygen atoms in total. The van der Waals surface area contributed by atoms with Gasteiger partial charge in [0.05, 0.1) is 6.04 Å². The molecule has 1 fully saturated rings. The molecule has 0 aliphatic carbocycles. The summed E-state index contributed by atoms with van der Waals surface area (Å²) >= 11 is 0. The molecule has 116 valence electrons. The molecular weight excluding hydrogens is 274 g/mol. The molecule has 0 saturated carbocycles. The molecule has 1 heterocycles. The summed E-state index contributed by atoms with van der Waals surface area (Å²) in [4.78, 5) is 14.0. The number of nitrogens with zero attached hydrogens (tertiary/aromatic N) is 1. The molecule has 0 spiro atoms. The van der Waals surface area contributed by atoms with E-state index in [4.69, 9.17) is 0 Å². The highest BCUT2D eigenvalue weighted by Gasteiger charge is 2.39. The van der Waals surface area contributed by atoms with Crippen molar-refractivity contribution in [1.82, 2.24) is 10.2 Å². The number of halogens is 2. The van der Waals surface area contributed by atoms with E-state index in [-0.39, 0.29) is 11.9 Å². The van der Waals surface area contributed by atoms with E-state index in [0.717, 1.165) is 12.5 Å². The van der Waals surface area contributed by atoms with Crippen LogP contribution in [0.25, 0.3) is 0 Å². The molecule has 0 bridgehead atoms. The van der Waals surface area contributed by atoms with Crippen LogP contribution < -0.4 is 5.32 Å². The molecule has 1 amide bonds. The van der Waals surface area contributed by atoms with Crippen LogP contribution >= 0.6 is 0 Å². The monoisotopic (exact) mass is 296 g/mol. The van der Waals surface area contributed by atoms with Crippen molar-refractivity contribution in [2.24, 2.45) is 5.92 Å². The van der Waals surface area contributed by atoms with E-state index >= 15 is 0 Å². The number of carbonyl (C=O) groups is 1. The Kier molecular flexibility index (Phi) is 4.93. The van der Waals surface area contributed by atoms with E-state index in [9.17, 15) is 13.6 Å². The molecule has 1 N–H and O–H groups in total. The fraction of sp³-hybridized carbons (Fsp3) is 0.562. The molecule has 2 atom stereocenters. The summed E-state index contributed by atoms with van der Waals surface area (Å²) in [5, 5.41) is 3.15. The van der Waals surface area contributed by atoms with Gasteiger partial charge < -0.3 is 4.90 Å². The van der Waals surface area contributed by atoms with Gasteiger partial charge in [-0.2, -0.15) is 0 Å². The first kappa shape index (κ1) is 15.9. The average Bonchev–Trinajstić information content (AvgIpc) is 2.73. The third kappa shape index (κ3) is 3.40. The lowest BCUT2D eigenvalue weighted by Gasteiger charge is -2.25. The number of rotatable bonds is 5. The average molecular weight is 296 g/mol. The van der Waals surface area contributed by atoms with Gasteiger partial charge in [0.2, 0.25) is 5.91 Å².